The SMILES string of the molecule is C1CO1.Oc1ccccc1.c1ccc(COCc2ccccc2)cc1. The predicted octanol–water partition coefficient (Wildman–Crippen LogP) is 4.81. The van der Waals surface area contributed by atoms with Crippen molar-refractivity contribution in [2.24, 2.45) is 0 Å². The van der Waals surface area contributed by atoms with E-state index in [2.05, 4.69) is 29.0 Å². The van der Waals surface area contributed by atoms with E-state index < -0.39 is 0 Å². The zero-order chi connectivity index (χ0) is 17.6. The first-order valence-electron chi connectivity index (χ1n) is 8.32. The lowest BCUT2D eigenvalue weighted by atomic mass is 10.2. The van der Waals surface area contributed by atoms with Crippen LogP contribution < -0.4 is 0 Å². The monoisotopic (exact) mass is 336 g/mol. The summed E-state index contributed by atoms with van der Waals surface area (Å²) in [5, 5.41) is 8.63. The third-order valence-electron chi connectivity index (χ3n) is 3.18. The van der Waals surface area contributed by atoms with E-state index >= 15 is 0 Å². The highest BCUT2D eigenvalue weighted by Gasteiger charge is 1.94. The number of rotatable bonds is 4. The van der Waals surface area contributed by atoms with Crippen molar-refractivity contribution in [1.82, 2.24) is 0 Å². The van der Waals surface area contributed by atoms with Gasteiger partial charge in [0.05, 0.1) is 26.4 Å². The molecule has 130 valence electrons. The van der Waals surface area contributed by atoms with E-state index in [1.165, 1.54) is 11.1 Å². The van der Waals surface area contributed by atoms with Crippen LogP contribution in [-0.2, 0) is 22.7 Å². The van der Waals surface area contributed by atoms with E-state index in [-0.39, 0.29) is 0 Å². The fraction of sp³-hybridized carbons (Fsp3) is 0.182. The maximum atomic E-state index is 8.63. The molecule has 1 N–H and O–H groups in total. The number of phenols is 1. The van der Waals surface area contributed by atoms with Crippen LogP contribution in [0.4, 0.5) is 0 Å². The molecule has 0 spiro atoms. The smallest absolute Gasteiger partial charge is 0.115 e. The van der Waals surface area contributed by atoms with Gasteiger partial charge in [-0.1, -0.05) is 78.9 Å². The Balaban J connectivity index is 0.000000184. The number of epoxide rings is 1. The molecule has 0 bridgehead atoms. The van der Waals surface area contributed by atoms with E-state index in [9.17, 15) is 0 Å². The molecule has 0 radical (unpaired) electrons. The van der Waals surface area contributed by atoms with Crippen LogP contribution in [-0.4, -0.2) is 18.3 Å². The quantitative estimate of drug-likeness (QED) is 0.695. The Morgan fingerprint density at radius 2 is 1.00 bits per heavy atom. The number of ether oxygens (including phenoxy) is 2. The van der Waals surface area contributed by atoms with Crippen LogP contribution in [0.25, 0.3) is 0 Å². The lowest BCUT2D eigenvalue weighted by molar-refractivity contribution is 0.107. The lowest BCUT2D eigenvalue weighted by Gasteiger charge is -2.03. The van der Waals surface area contributed by atoms with Gasteiger partial charge in [-0.3, -0.25) is 0 Å². The molecule has 3 aromatic carbocycles. The summed E-state index contributed by atoms with van der Waals surface area (Å²) in [5.41, 5.74) is 2.43. The molecule has 1 fully saturated rings. The molecule has 1 aliphatic rings. The van der Waals surface area contributed by atoms with Gasteiger partial charge in [0.1, 0.15) is 5.75 Å². The van der Waals surface area contributed by atoms with Crippen LogP contribution in [0.5, 0.6) is 5.75 Å². The van der Waals surface area contributed by atoms with Crippen LogP contribution >= 0.6 is 0 Å². The molecule has 1 saturated heterocycles. The Hall–Kier alpha value is -2.62. The summed E-state index contributed by atoms with van der Waals surface area (Å²) in [6.45, 7) is 3.35. The first kappa shape index (κ1) is 18.7. The average molecular weight is 336 g/mol. The molecule has 4 rings (SSSR count). The van der Waals surface area contributed by atoms with Crippen molar-refractivity contribution in [3.8, 4) is 5.75 Å². The summed E-state index contributed by atoms with van der Waals surface area (Å²) in [4.78, 5) is 0. The van der Waals surface area contributed by atoms with Crippen LogP contribution in [0.1, 0.15) is 11.1 Å². The summed E-state index contributed by atoms with van der Waals surface area (Å²) in [6, 6.07) is 29.2. The molecule has 1 heterocycles. The summed E-state index contributed by atoms with van der Waals surface area (Å²) in [7, 11) is 0. The Labute approximate surface area is 149 Å². The minimum absolute atomic E-state index is 0.322. The fourth-order valence-corrected chi connectivity index (χ4v) is 1.86. The third kappa shape index (κ3) is 9.97. The number of aromatic hydroxyl groups is 1. The highest BCUT2D eigenvalue weighted by Crippen LogP contribution is 2.05. The molecule has 0 aliphatic carbocycles. The van der Waals surface area contributed by atoms with Gasteiger partial charge in [0.2, 0.25) is 0 Å². The minimum Gasteiger partial charge on any atom is -0.508 e. The molecule has 0 unspecified atom stereocenters. The highest BCUT2D eigenvalue weighted by atomic mass is 16.6. The first-order chi connectivity index (χ1) is 12.3. The van der Waals surface area contributed by atoms with E-state index in [0.717, 1.165) is 13.2 Å². The molecular weight excluding hydrogens is 312 g/mol. The Morgan fingerprint density at radius 3 is 1.28 bits per heavy atom. The zero-order valence-corrected chi connectivity index (χ0v) is 14.3. The maximum Gasteiger partial charge on any atom is 0.115 e. The average Bonchev–Trinajstić information content (AvgIpc) is 3.54. The second-order valence-corrected chi connectivity index (χ2v) is 5.41. The molecule has 0 amide bonds. The minimum atomic E-state index is 0.322. The zero-order valence-electron chi connectivity index (χ0n) is 14.3. The molecule has 3 heteroatoms. The van der Waals surface area contributed by atoms with Gasteiger partial charge in [-0.15, -0.1) is 0 Å². The van der Waals surface area contributed by atoms with Gasteiger partial charge < -0.3 is 14.6 Å². The van der Waals surface area contributed by atoms with E-state index in [1.807, 2.05) is 42.5 Å². The van der Waals surface area contributed by atoms with Crippen LogP contribution in [0.2, 0.25) is 0 Å². The molecular formula is C22H24O3. The second kappa shape index (κ2) is 11.8. The summed E-state index contributed by atoms with van der Waals surface area (Å²) in [5.74, 6) is 0.322. The largest absolute Gasteiger partial charge is 0.508 e. The summed E-state index contributed by atoms with van der Waals surface area (Å²) in [6.07, 6.45) is 0. The molecule has 25 heavy (non-hydrogen) atoms. The van der Waals surface area contributed by atoms with E-state index in [4.69, 9.17) is 9.84 Å². The van der Waals surface area contributed by atoms with Crippen molar-refractivity contribution in [3.63, 3.8) is 0 Å². The van der Waals surface area contributed by atoms with Crippen molar-refractivity contribution in [2.45, 2.75) is 13.2 Å². The molecule has 0 saturated carbocycles. The van der Waals surface area contributed by atoms with Crippen LogP contribution in [0, 0.1) is 0 Å². The molecule has 1 aliphatic heterocycles. The standard InChI is InChI=1S/C14H14O.C6H6O.C2H4O/c1-3-7-13(8-4-1)11-15-12-14-9-5-2-6-10-14;7-6-4-2-1-3-5-6;1-2-3-1/h1-10H,11-12H2;1-5,7H;1-2H2. The number of benzene rings is 3. The summed E-state index contributed by atoms with van der Waals surface area (Å²) < 4.78 is 10.1. The molecule has 0 atom stereocenters. The lowest BCUT2D eigenvalue weighted by Crippen LogP contribution is -1.93. The van der Waals surface area contributed by atoms with Crippen molar-refractivity contribution in [1.29, 1.82) is 0 Å². The fourth-order valence-electron chi connectivity index (χ4n) is 1.86. The van der Waals surface area contributed by atoms with Crippen LogP contribution in [0.3, 0.4) is 0 Å². The van der Waals surface area contributed by atoms with E-state index in [0.29, 0.717) is 19.0 Å². The van der Waals surface area contributed by atoms with Gasteiger partial charge in [-0.2, -0.15) is 0 Å². The topological polar surface area (TPSA) is 42.0 Å². The Kier molecular flexibility index (Phi) is 8.87. The van der Waals surface area contributed by atoms with Crippen LogP contribution in [0.15, 0.2) is 91.0 Å². The van der Waals surface area contributed by atoms with Crippen molar-refractivity contribution in [3.05, 3.63) is 102 Å². The molecule has 3 aromatic rings. The highest BCUT2D eigenvalue weighted by molar-refractivity contribution is 5.18. The van der Waals surface area contributed by atoms with Gasteiger partial charge in [-0.25, -0.2) is 0 Å². The van der Waals surface area contributed by atoms with Gasteiger partial charge in [0.25, 0.3) is 0 Å². The number of phenolic OH excluding ortho intramolecular Hbond substituents is 1. The predicted molar refractivity (Wildman–Crippen MR) is 100 cm³/mol. The van der Waals surface area contributed by atoms with Crippen molar-refractivity contribution >= 4 is 0 Å². The van der Waals surface area contributed by atoms with E-state index in [1.54, 1.807) is 24.3 Å². The maximum absolute atomic E-state index is 8.63. The second-order valence-electron chi connectivity index (χ2n) is 5.41. The van der Waals surface area contributed by atoms with Crippen molar-refractivity contribution in [2.75, 3.05) is 13.2 Å². The number of hydrogen-bond donors (Lipinski definition) is 1. The van der Waals surface area contributed by atoms with Gasteiger partial charge in [0, 0.05) is 0 Å². The summed E-state index contributed by atoms with van der Waals surface area (Å²) >= 11 is 0. The Bertz CT molecular complexity index is 625. The number of hydrogen-bond acceptors (Lipinski definition) is 3. The van der Waals surface area contributed by atoms with Gasteiger partial charge in [-0.05, 0) is 23.3 Å². The first-order valence-corrected chi connectivity index (χ1v) is 8.32. The van der Waals surface area contributed by atoms with Gasteiger partial charge in [0.15, 0.2) is 0 Å². The number of para-hydroxylation sites is 1. The normalized spacial score (nSPS) is 11.4. The van der Waals surface area contributed by atoms with Gasteiger partial charge >= 0.3 is 0 Å². The van der Waals surface area contributed by atoms with Crippen molar-refractivity contribution < 1.29 is 14.6 Å². The third-order valence-corrected chi connectivity index (χ3v) is 3.18. The Morgan fingerprint density at radius 1 is 0.640 bits per heavy atom. The molecule has 3 nitrogen and oxygen atoms in total. The molecule has 0 aromatic heterocycles.